The lowest BCUT2D eigenvalue weighted by atomic mass is 10.0. The summed E-state index contributed by atoms with van der Waals surface area (Å²) in [4.78, 5) is 13.0. The number of aryl methyl sites for hydroxylation is 2. The number of amides is 1. The smallest absolute Gasteiger partial charge is 0.265 e. The van der Waals surface area contributed by atoms with Gasteiger partial charge in [-0.25, -0.2) is 0 Å². The molecular weight excluding hydrogens is 334 g/mol. The van der Waals surface area contributed by atoms with Gasteiger partial charge in [-0.1, -0.05) is 28.2 Å². The maximum Gasteiger partial charge on any atom is 0.265 e. The Bertz CT molecular complexity index is 827. The third-order valence-electron chi connectivity index (χ3n) is 3.37. The van der Waals surface area contributed by atoms with E-state index in [-0.39, 0.29) is 11.9 Å². The lowest BCUT2D eigenvalue weighted by Gasteiger charge is -2.17. The molecule has 0 aliphatic rings. The third kappa shape index (κ3) is 3.40. The fourth-order valence-electron chi connectivity index (χ4n) is 2.21. The molecule has 0 saturated heterocycles. The molecule has 1 atom stereocenters. The Morgan fingerprint density at radius 1 is 1.30 bits per heavy atom. The van der Waals surface area contributed by atoms with Crippen molar-refractivity contribution in [3.8, 4) is 0 Å². The first-order valence-corrected chi connectivity index (χ1v) is 8.04. The van der Waals surface area contributed by atoms with E-state index in [1.165, 1.54) is 0 Å². The maximum atomic E-state index is 12.5. The van der Waals surface area contributed by atoms with Crippen molar-refractivity contribution in [3.63, 3.8) is 0 Å². The zero-order valence-electron chi connectivity index (χ0n) is 12.5. The summed E-state index contributed by atoms with van der Waals surface area (Å²) in [6.07, 6.45) is 1.84. The average Bonchev–Trinajstić information content (AvgIpc) is 3.14. The van der Waals surface area contributed by atoms with E-state index in [0.717, 1.165) is 22.8 Å². The highest BCUT2D eigenvalue weighted by molar-refractivity contribution is 7.08. The largest absolute Gasteiger partial charge is 0.339 e. The van der Waals surface area contributed by atoms with Crippen LogP contribution < -0.4 is 5.32 Å². The minimum Gasteiger partial charge on any atom is -0.339 e. The van der Waals surface area contributed by atoms with Crippen LogP contribution in [-0.4, -0.2) is 25.3 Å². The van der Waals surface area contributed by atoms with Gasteiger partial charge in [0.15, 0.2) is 0 Å². The van der Waals surface area contributed by atoms with Gasteiger partial charge in [-0.05, 0) is 42.2 Å². The number of aromatic nitrogens is 4. The van der Waals surface area contributed by atoms with Gasteiger partial charge in [0.05, 0.1) is 17.4 Å². The van der Waals surface area contributed by atoms with Gasteiger partial charge in [0, 0.05) is 18.3 Å². The normalized spacial score (nSPS) is 12.1. The highest BCUT2D eigenvalue weighted by Crippen LogP contribution is 2.23. The quantitative estimate of drug-likeness (QED) is 0.787. The SMILES string of the molecule is Cc1nnsc1C(=O)N[C@@H](c1ccc(Cl)cc1)c1ccn(C)n1. The van der Waals surface area contributed by atoms with E-state index in [0.29, 0.717) is 15.6 Å². The van der Waals surface area contributed by atoms with E-state index in [1.54, 1.807) is 23.7 Å². The molecule has 6 nitrogen and oxygen atoms in total. The van der Waals surface area contributed by atoms with E-state index in [4.69, 9.17) is 11.6 Å². The van der Waals surface area contributed by atoms with E-state index in [2.05, 4.69) is 20.0 Å². The fourth-order valence-corrected chi connectivity index (χ4v) is 2.89. The number of hydrogen-bond donors (Lipinski definition) is 1. The van der Waals surface area contributed by atoms with Crippen LogP contribution in [0.4, 0.5) is 0 Å². The van der Waals surface area contributed by atoms with Crippen LogP contribution in [0.5, 0.6) is 0 Å². The van der Waals surface area contributed by atoms with Crippen LogP contribution in [0, 0.1) is 6.92 Å². The molecule has 2 heterocycles. The van der Waals surface area contributed by atoms with E-state index < -0.39 is 0 Å². The molecule has 0 bridgehead atoms. The molecule has 0 spiro atoms. The molecule has 0 aliphatic heterocycles. The monoisotopic (exact) mass is 347 g/mol. The van der Waals surface area contributed by atoms with Crippen LogP contribution in [0.1, 0.15) is 32.7 Å². The second kappa shape index (κ2) is 6.47. The first-order chi connectivity index (χ1) is 11.0. The van der Waals surface area contributed by atoms with Crippen molar-refractivity contribution < 1.29 is 4.79 Å². The van der Waals surface area contributed by atoms with Crippen LogP contribution in [0.25, 0.3) is 0 Å². The summed E-state index contributed by atoms with van der Waals surface area (Å²) in [5.41, 5.74) is 2.26. The van der Waals surface area contributed by atoms with Crippen LogP contribution in [0.15, 0.2) is 36.5 Å². The van der Waals surface area contributed by atoms with Crippen molar-refractivity contribution in [1.29, 1.82) is 0 Å². The van der Waals surface area contributed by atoms with Crippen molar-refractivity contribution in [2.45, 2.75) is 13.0 Å². The molecule has 0 fully saturated rings. The Morgan fingerprint density at radius 2 is 2.04 bits per heavy atom. The molecule has 1 amide bonds. The molecule has 1 aromatic carbocycles. The Labute approximate surface area is 142 Å². The summed E-state index contributed by atoms with van der Waals surface area (Å²) in [7, 11) is 1.83. The minimum atomic E-state index is -0.373. The third-order valence-corrected chi connectivity index (χ3v) is 4.45. The van der Waals surface area contributed by atoms with E-state index >= 15 is 0 Å². The molecule has 3 rings (SSSR count). The average molecular weight is 348 g/mol. The van der Waals surface area contributed by atoms with Crippen LogP contribution in [0.3, 0.4) is 0 Å². The number of nitrogens with zero attached hydrogens (tertiary/aromatic N) is 4. The number of carbonyl (C=O) groups excluding carboxylic acids is 1. The number of hydrogen-bond acceptors (Lipinski definition) is 5. The van der Waals surface area contributed by atoms with Crippen molar-refractivity contribution in [1.82, 2.24) is 24.7 Å². The standard InChI is InChI=1S/C15H14ClN5OS/c1-9-14(23-20-18-9)15(22)17-13(12-7-8-21(2)19-12)10-3-5-11(16)6-4-10/h3-8,13H,1-2H3,(H,17,22)/t13-/m0/s1. The first kappa shape index (κ1) is 15.6. The second-order valence-electron chi connectivity index (χ2n) is 5.06. The Balaban J connectivity index is 1.94. The lowest BCUT2D eigenvalue weighted by molar-refractivity contribution is 0.0945. The van der Waals surface area contributed by atoms with Gasteiger partial charge in [-0.3, -0.25) is 9.48 Å². The summed E-state index contributed by atoms with van der Waals surface area (Å²) in [5, 5.41) is 11.9. The lowest BCUT2D eigenvalue weighted by Crippen LogP contribution is -2.29. The zero-order valence-corrected chi connectivity index (χ0v) is 14.1. The summed E-state index contributed by atoms with van der Waals surface area (Å²) < 4.78 is 5.50. The molecule has 23 heavy (non-hydrogen) atoms. The highest BCUT2D eigenvalue weighted by atomic mass is 35.5. The molecule has 118 valence electrons. The zero-order chi connectivity index (χ0) is 16.4. The first-order valence-electron chi connectivity index (χ1n) is 6.89. The van der Waals surface area contributed by atoms with Gasteiger partial charge in [0.1, 0.15) is 4.88 Å². The predicted molar refractivity (Wildman–Crippen MR) is 88.6 cm³/mol. The summed E-state index contributed by atoms with van der Waals surface area (Å²) in [6, 6.07) is 8.83. The number of benzene rings is 1. The minimum absolute atomic E-state index is 0.219. The van der Waals surface area contributed by atoms with Crippen molar-refractivity contribution >= 4 is 29.0 Å². The van der Waals surface area contributed by atoms with Gasteiger partial charge >= 0.3 is 0 Å². The summed E-state index contributed by atoms with van der Waals surface area (Å²) in [6.45, 7) is 1.76. The van der Waals surface area contributed by atoms with E-state index in [1.807, 2.05) is 31.4 Å². The topological polar surface area (TPSA) is 72.7 Å². The molecule has 0 radical (unpaired) electrons. The van der Waals surface area contributed by atoms with Gasteiger partial charge in [-0.2, -0.15) is 5.10 Å². The fraction of sp³-hybridized carbons (Fsp3) is 0.200. The maximum absolute atomic E-state index is 12.5. The Morgan fingerprint density at radius 3 is 2.61 bits per heavy atom. The molecule has 0 unspecified atom stereocenters. The van der Waals surface area contributed by atoms with Crippen molar-refractivity contribution in [3.05, 3.63) is 63.4 Å². The molecule has 2 aromatic heterocycles. The van der Waals surface area contributed by atoms with Gasteiger partial charge < -0.3 is 5.32 Å². The summed E-state index contributed by atoms with van der Waals surface area (Å²) >= 11 is 7.03. The number of nitrogens with one attached hydrogen (secondary N) is 1. The molecule has 1 N–H and O–H groups in total. The number of carbonyl (C=O) groups is 1. The molecular formula is C15H14ClN5OS. The number of halogens is 1. The van der Waals surface area contributed by atoms with Crippen LogP contribution in [-0.2, 0) is 7.05 Å². The number of rotatable bonds is 4. The van der Waals surface area contributed by atoms with Crippen molar-refractivity contribution in [2.75, 3.05) is 0 Å². The predicted octanol–water partition coefficient (Wildman–Crippen LogP) is 2.75. The van der Waals surface area contributed by atoms with Crippen LogP contribution >= 0.6 is 23.1 Å². The van der Waals surface area contributed by atoms with E-state index in [9.17, 15) is 4.79 Å². The van der Waals surface area contributed by atoms with Crippen molar-refractivity contribution in [2.24, 2.45) is 7.05 Å². The van der Waals surface area contributed by atoms with Crippen LogP contribution in [0.2, 0.25) is 5.02 Å². The second-order valence-corrected chi connectivity index (χ2v) is 6.25. The molecule has 3 aromatic rings. The molecule has 0 aliphatic carbocycles. The van der Waals surface area contributed by atoms with Gasteiger partial charge in [0.2, 0.25) is 0 Å². The highest BCUT2D eigenvalue weighted by Gasteiger charge is 2.22. The molecule has 0 saturated carbocycles. The summed E-state index contributed by atoms with van der Waals surface area (Å²) in [5.74, 6) is -0.219. The molecule has 8 heteroatoms. The van der Waals surface area contributed by atoms with Gasteiger partial charge in [-0.15, -0.1) is 5.10 Å². The Kier molecular flexibility index (Phi) is 4.40. The Hall–Kier alpha value is -2.25. The van der Waals surface area contributed by atoms with Gasteiger partial charge in [0.25, 0.3) is 5.91 Å².